The van der Waals surface area contributed by atoms with Crippen molar-refractivity contribution in [1.82, 2.24) is 5.43 Å². The quantitative estimate of drug-likeness (QED) is 0.424. The lowest BCUT2D eigenvalue weighted by atomic mass is 10.1. The predicted octanol–water partition coefficient (Wildman–Crippen LogP) is 4.59. The van der Waals surface area contributed by atoms with Gasteiger partial charge >= 0.3 is 0 Å². The zero-order valence-corrected chi connectivity index (χ0v) is 17.1. The number of hydrogen-bond acceptors (Lipinski definition) is 4. The van der Waals surface area contributed by atoms with Gasteiger partial charge in [-0.15, -0.1) is 0 Å². The molecule has 0 aliphatic heterocycles. The Morgan fingerprint density at radius 3 is 2.31 bits per heavy atom. The molecule has 3 rings (SSSR count). The second kappa shape index (κ2) is 10.2. The van der Waals surface area contributed by atoms with Crippen LogP contribution >= 0.6 is 15.9 Å². The molecule has 29 heavy (non-hydrogen) atoms. The van der Waals surface area contributed by atoms with E-state index >= 15 is 0 Å². The Labute approximate surface area is 177 Å². The minimum absolute atomic E-state index is 0.175. The zero-order chi connectivity index (χ0) is 20.5. The molecular weight excluding hydrogens is 430 g/mol. The third kappa shape index (κ3) is 6.59. The summed E-state index contributed by atoms with van der Waals surface area (Å²) >= 11 is 3.37. The van der Waals surface area contributed by atoms with Crippen molar-refractivity contribution in [2.45, 2.75) is 13.0 Å². The van der Waals surface area contributed by atoms with Gasteiger partial charge in [0.25, 0.3) is 0 Å². The first-order chi connectivity index (χ1) is 14.1. The lowest BCUT2D eigenvalue weighted by Crippen LogP contribution is -2.19. The number of hydrogen-bond donors (Lipinski definition) is 1. The Hall–Kier alpha value is -3.43. The Bertz CT molecular complexity index is 1020. The second-order valence-corrected chi connectivity index (χ2v) is 7.18. The van der Waals surface area contributed by atoms with Crippen molar-refractivity contribution < 1.29 is 9.53 Å². The summed E-state index contributed by atoms with van der Waals surface area (Å²) in [5.41, 5.74) is 5.91. The summed E-state index contributed by atoms with van der Waals surface area (Å²) in [5.74, 6) is 0.553. The van der Waals surface area contributed by atoms with Crippen LogP contribution in [0.2, 0.25) is 0 Å². The summed E-state index contributed by atoms with van der Waals surface area (Å²) in [6.45, 7) is 0.422. The molecule has 0 spiro atoms. The van der Waals surface area contributed by atoms with Crippen LogP contribution in [-0.2, 0) is 17.8 Å². The number of nitrogens with zero attached hydrogens (tertiary/aromatic N) is 2. The Morgan fingerprint density at radius 2 is 1.66 bits per heavy atom. The summed E-state index contributed by atoms with van der Waals surface area (Å²) in [6.07, 6.45) is 1.86. The highest BCUT2D eigenvalue weighted by Gasteiger charge is 2.02. The van der Waals surface area contributed by atoms with E-state index in [0.29, 0.717) is 12.2 Å². The molecule has 1 N–H and O–H groups in total. The third-order valence-electron chi connectivity index (χ3n) is 4.05. The fraction of sp³-hybridized carbons (Fsp3) is 0.0870. The molecule has 6 heteroatoms. The van der Waals surface area contributed by atoms with Crippen LogP contribution in [-0.4, -0.2) is 12.1 Å². The summed E-state index contributed by atoms with van der Waals surface area (Å²) in [4.78, 5) is 11.9. The SMILES string of the molecule is N#Cc1ccc(COc2ccc(/C=N\NC(=O)Cc3ccc(Br)cc3)cc2)cc1. The Kier molecular flexibility index (Phi) is 7.15. The van der Waals surface area contributed by atoms with Crippen molar-refractivity contribution in [2.75, 3.05) is 0 Å². The smallest absolute Gasteiger partial charge is 0.244 e. The lowest BCUT2D eigenvalue weighted by Gasteiger charge is -2.06. The van der Waals surface area contributed by atoms with Gasteiger partial charge in [0.15, 0.2) is 0 Å². The third-order valence-corrected chi connectivity index (χ3v) is 4.58. The maximum absolute atomic E-state index is 11.9. The number of amides is 1. The van der Waals surface area contributed by atoms with E-state index in [1.165, 1.54) is 0 Å². The molecule has 0 atom stereocenters. The van der Waals surface area contributed by atoms with Gasteiger partial charge in [0.1, 0.15) is 12.4 Å². The van der Waals surface area contributed by atoms with Crippen LogP contribution in [0.4, 0.5) is 0 Å². The van der Waals surface area contributed by atoms with Gasteiger partial charge in [-0.2, -0.15) is 10.4 Å². The zero-order valence-electron chi connectivity index (χ0n) is 15.5. The molecule has 0 radical (unpaired) electrons. The molecule has 3 aromatic carbocycles. The number of halogens is 1. The number of carbonyl (C=O) groups excluding carboxylic acids is 1. The van der Waals surface area contributed by atoms with Crippen LogP contribution in [0.15, 0.2) is 82.4 Å². The summed E-state index contributed by atoms with van der Waals surface area (Å²) in [5, 5.41) is 12.8. The standard InChI is InChI=1S/C23H18BrN3O2/c24-21-9-5-17(6-10-21)13-23(28)27-26-15-19-7-11-22(12-8-19)29-16-20-3-1-18(14-25)2-4-20/h1-12,15H,13,16H2,(H,27,28)/b26-15-. The van der Waals surface area contributed by atoms with Crippen LogP contribution < -0.4 is 10.2 Å². The minimum Gasteiger partial charge on any atom is -0.489 e. The normalized spacial score (nSPS) is 10.5. The van der Waals surface area contributed by atoms with E-state index in [4.69, 9.17) is 10.00 Å². The largest absolute Gasteiger partial charge is 0.489 e. The van der Waals surface area contributed by atoms with E-state index < -0.39 is 0 Å². The Morgan fingerprint density at radius 1 is 1.00 bits per heavy atom. The predicted molar refractivity (Wildman–Crippen MR) is 116 cm³/mol. The summed E-state index contributed by atoms with van der Waals surface area (Å²) in [6, 6.07) is 24.4. The van der Waals surface area contributed by atoms with Crippen LogP contribution in [0.25, 0.3) is 0 Å². The molecular formula is C23H18BrN3O2. The highest BCUT2D eigenvalue weighted by molar-refractivity contribution is 9.10. The van der Waals surface area contributed by atoms with Crippen molar-refractivity contribution in [1.29, 1.82) is 5.26 Å². The number of nitrogens with one attached hydrogen (secondary N) is 1. The fourth-order valence-corrected chi connectivity index (χ4v) is 2.76. The van der Waals surface area contributed by atoms with Crippen molar-refractivity contribution in [3.63, 3.8) is 0 Å². The summed E-state index contributed by atoms with van der Waals surface area (Å²) < 4.78 is 6.71. The van der Waals surface area contributed by atoms with Crippen LogP contribution in [0.1, 0.15) is 22.3 Å². The van der Waals surface area contributed by atoms with Crippen molar-refractivity contribution >= 4 is 28.1 Å². The molecule has 144 valence electrons. The topological polar surface area (TPSA) is 74.5 Å². The Balaban J connectivity index is 1.46. The second-order valence-electron chi connectivity index (χ2n) is 6.26. The van der Waals surface area contributed by atoms with E-state index in [-0.39, 0.29) is 12.3 Å². The van der Waals surface area contributed by atoms with Gasteiger partial charge in [-0.1, -0.05) is 40.2 Å². The molecule has 0 aliphatic rings. The fourth-order valence-electron chi connectivity index (χ4n) is 2.50. The molecule has 0 aliphatic carbocycles. The van der Waals surface area contributed by atoms with Crippen molar-refractivity contribution in [3.8, 4) is 11.8 Å². The van der Waals surface area contributed by atoms with E-state index in [1.54, 1.807) is 18.3 Å². The van der Waals surface area contributed by atoms with Gasteiger partial charge in [0, 0.05) is 4.47 Å². The van der Waals surface area contributed by atoms with E-state index in [2.05, 4.69) is 32.5 Å². The maximum atomic E-state index is 11.9. The lowest BCUT2D eigenvalue weighted by molar-refractivity contribution is -0.120. The molecule has 0 bridgehead atoms. The van der Waals surface area contributed by atoms with Gasteiger partial charge in [0.05, 0.1) is 24.3 Å². The molecule has 0 aromatic heterocycles. The van der Waals surface area contributed by atoms with E-state index in [0.717, 1.165) is 26.9 Å². The minimum atomic E-state index is -0.175. The highest BCUT2D eigenvalue weighted by Crippen LogP contribution is 2.14. The van der Waals surface area contributed by atoms with Gasteiger partial charge in [-0.25, -0.2) is 5.43 Å². The van der Waals surface area contributed by atoms with E-state index in [9.17, 15) is 4.79 Å². The molecule has 0 saturated carbocycles. The van der Waals surface area contributed by atoms with E-state index in [1.807, 2.05) is 60.7 Å². The number of nitriles is 1. The van der Waals surface area contributed by atoms with Gasteiger partial charge < -0.3 is 4.74 Å². The van der Waals surface area contributed by atoms with Crippen molar-refractivity contribution in [3.05, 3.63) is 99.5 Å². The summed E-state index contributed by atoms with van der Waals surface area (Å²) in [7, 11) is 0. The molecule has 3 aromatic rings. The average Bonchev–Trinajstić information content (AvgIpc) is 2.75. The molecule has 0 fully saturated rings. The first-order valence-corrected chi connectivity index (χ1v) is 9.70. The highest BCUT2D eigenvalue weighted by atomic mass is 79.9. The van der Waals surface area contributed by atoms with Gasteiger partial charge in [0.2, 0.25) is 5.91 Å². The van der Waals surface area contributed by atoms with Crippen LogP contribution in [0.3, 0.4) is 0 Å². The maximum Gasteiger partial charge on any atom is 0.244 e. The number of rotatable bonds is 7. The molecule has 5 nitrogen and oxygen atoms in total. The molecule has 0 heterocycles. The number of benzene rings is 3. The van der Waals surface area contributed by atoms with Crippen molar-refractivity contribution in [2.24, 2.45) is 5.10 Å². The van der Waals surface area contributed by atoms with Crippen LogP contribution in [0, 0.1) is 11.3 Å². The van der Waals surface area contributed by atoms with Gasteiger partial charge in [-0.05, 0) is 65.2 Å². The first-order valence-electron chi connectivity index (χ1n) is 8.90. The van der Waals surface area contributed by atoms with Gasteiger partial charge in [-0.3, -0.25) is 4.79 Å². The number of ether oxygens (including phenoxy) is 1. The molecule has 0 saturated heterocycles. The first kappa shape index (κ1) is 20.3. The average molecular weight is 448 g/mol. The monoisotopic (exact) mass is 447 g/mol. The van der Waals surface area contributed by atoms with Crippen LogP contribution in [0.5, 0.6) is 5.75 Å². The number of carbonyl (C=O) groups is 1. The molecule has 0 unspecified atom stereocenters. The number of hydrazone groups is 1. The molecule has 1 amide bonds.